The van der Waals surface area contributed by atoms with Crippen molar-refractivity contribution in [3.05, 3.63) is 126 Å². The van der Waals surface area contributed by atoms with Crippen LogP contribution in [0.3, 0.4) is 0 Å². The first-order valence-electron chi connectivity index (χ1n) is 14.7. The van der Waals surface area contributed by atoms with Gasteiger partial charge in [-0.2, -0.15) is 5.26 Å². The number of aliphatic carboxylic acids is 2. The van der Waals surface area contributed by atoms with Crippen LogP contribution in [0, 0.1) is 17.1 Å². The number of nitrogens with zero attached hydrogens (tertiary/aromatic N) is 2. The molecular weight excluding hydrogens is 653 g/mol. The standard InChI is InChI=1S/C18H16FN3O2.C18H14O8/c1-24-12-7-8-13-16(11-12)22(15-6-3-2-5-14(15)19)17(23)18(13,21)9-4-10-20;19-13(11-7-3-1-4-8-11)17(25,15(21)22)18(26,16(23)24)14(20)12-9-5-2-6-10-12/h2-3,5-8,11H,4,9,21H2,1H3;1-10,25-26H,(H,21,22)(H,23,24). The van der Waals surface area contributed by atoms with Gasteiger partial charge in [-0.15, -0.1) is 0 Å². The number of hydrogen-bond acceptors (Lipinski definition) is 10. The zero-order valence-electron chi connectivity index (χ0n) is 26.3. The van der Waals surface area contributed by atoms with E-state index in [0.29, 0.717) is 17.0 Å². The van der Waals surface area contributed by atoms with Gasteiger partial charge in [0.1, 0.15) is 17.1 Å². The fraction of sp³-hybridized carbons (Fsp3) is 0.167. The Kier molecular flexibility index (Phi) is 10.6. The van der Waals surface area contributed by atoms with Crippen molar-refractivity contribution >= 4 is 40.8 Å². The Bertz CT molecular complexity index is 1930. The minimum Gasteiger partial charge on any atom is -0.497 e. The number of halogens is 1. The van der Waals surface area contributed by atoms with Gasteiger partial charge in [0.15, 0.2) is 0 Å². The van der Waals surface area contributed by atoms with Gasteiger partial charge >= 0.3 is 11.9 Å². The molecule has 0 spiro atoms. The average molecular weight is 684 g/mol. The first-order chi connectivity index (χ1) is 23.7. The molecule has 0 saturated carbocycles. The number of carboxylic acid groups (broad SMARTS) is 2. The summed E-state index contributed by atoms with van der Waals surface area (Å²) in [6.07, 6.45) is 0.283. The van der Waals surface area contributed by atoms with Crippen LogP contribution in [0.4, 0.5) is 15.8 Å². The van der Waals surface area contributed by atoms with Crippen LogP contribution >= 0.6 is 0 Å². The van der Waals surface area contributed by atoms with Gasteiger partial charge in [0, 0.05) is 29.2 Å². The van der Waals surface area contributed by atoms with E-state index in [-0.39, 0.29) is 18.5 Å². The number of carboxylic acids is 2. The summed E-state index contributed by atoms with van der Waals surface area (Å²) in [7, 11) is 1.51. The van der Waals surface area contributed by atoms with Crippen LogP contribution < -0.4 is 15.4 Å². The summed E-state index contributed by atoms with van der Waals surface area (Å²) in [6, 6.07) is 25.9. The number of fused-ring (bicyclic) bond motifs is 1. The molecule has 0 saturated heterocycles. The maximum atomic E-state index is 14.3. The Labute approximate surface area is 284 Å². The van der Waals surface area contributed by atoms with Crippen molar-refractivity contribution in [1.29, 1.82) is 5.26 Å². The van der Waals surface area contributed by atoms with Crippen molar-refractivity contribution in [3.8, 4) is 11.8 Å². The number of ether oxygens (including phenoxy) is 1. The lowest BCUT2D eigenvalue weighted by Crippen LogP contribution is -2.71. The average Bonchev–Trinajstić information content (AvgIpc) is 3.35. The van der Waals surface area contributed by atoms with Crippen LogP contribution in [0.15, 0.2) is 103 Å². The summed E-state index contributed by atoms with van der Waals surface area (Å²) < 4.78 is 19.5. The Morgan fingerprint density at radius 3 is 1.74 bits per heavy atom. The van der Waals surface area contributed by atoms with E-state index in [9.17, 15) is 48.8 Å². The Morgan fingerprint density at radius 2 is 1.30 bits per heavy atom. The van der Waals surface area contributed by atoms with Crippen LogP contribution in [0.2, 0.25) is 0 Å². The number of rotatable bonds is 11. The zero-order valence-corrected chi connectivity index (χ0v) is 26.3. The van der Waals surface area contributed by atoms with Gasteiger partial charge in [-0.3, -0.25) is 19.3 Å². The lowest BCUT2D eigenvalue weighted by molar-refractivity contribution is -0.187. The summed E-state index contributed by atoms with van der Waals surface area (Å²) in [5.41, 5.74) is -2.52. The minimum atomic E-state index is -3.95. The number of benzene rings is 4. The number of nitriles is 1. The highest BCUT2D eigenvalue weighted by Crippen LogP contribution is 2.47. The highest BCUT2D eigenvalue weighted by atomic mass is 19.1. The van der Waals surface area contributed by atoms with Crippen molar-refractivity contribution in [2.75, 3.05) is 12.0 Å². The first kappa shape index (κ1) is 36.6. The second-order valence-electron chi connectivity index (χ2n) is 11.0. The molecule has 1 heterocycles. The van der Waals surface area contributed by atoms with Gasteiger partial charge in [0.25, 0.3) is 17.1 Å². The quantitative estimate of drug-likeness (QED) is 0.113. The molecule has 14 heteroatoms. The van der Waals surface area contributed by atoms with Gasteiger partial charge in [-0.1, -0.05) is 78.9 Å². The third-order valence-electron chi connectivity index (χ3n) is 8.11. The normalized spacial score (nSPS) is 17.1. The highest BCUT2D eigenvalue weighted by molar-refractivity contribution is 6.28. The number of anilines is 2. The molecule has 4 aromatic rings. The second kappa shape index (κ2) is 14.5. The molecule has 1 amide bonds. The molecule has 4 aromatic carbocycles. The molecule has 5 rings (SSSR count). The fourth-order valence-corrected chi connectivity index (χ4v) is 5.42. The molecule has 3 atom stereocenters. The SMILES string of the molecule is COc1ccc2c(c1)N(c1ccccc1F)C(=O)C2(N)CCC#N.O=C(O)C(O)(C(=O)c1ccccc1)C(O)(C(=O)O)C(=O)c1ccccc1. The molecule has 13 nitrogen and oxygen atoms in total. The Morgan fingerprint density at radius 1 is 0.820 bits per heavy atom. The number of nitrogens with two attached hydrogens (primary N) is 1. The van der Waals surface area contributed by atoms with E-state index in [0.717, 1.165) is 24.3 Å². The van der Waals surface area contributed by atoms with Crippen LogP contribution in [0.5, 0.6) is 5.75 Å². The monoisotopic (exact) mass is 683 g/mol. The largest absolute Gasteiger partial charge is 0.497 e. The molecule has 1 aliphatic heterocycles. The molecule has 50 heavy (non-hydrogen) atoms. The zero-order chi connectivity index (χ0) is 36.9. The molecule has 0 bridgehead atoms. The van der Waals surface area contributed by atoms with E-state index in [4.69, 9.17) is 15.7 Å². The highest BCUT2D eigenvalue weighted by Gasteiger charge is 2.69. The van der Waals surface area contributed by atoms with Crippen LogP contribution in [-0.4, -0.2) is 68.2 Å². The smallest absolute Gasteiger partial charge is 0.348 e. The Hall–Kier alpha value is -6.27. The van der Waals surface area contributed by atoms with Crippen LogP contribution in [0.25, 0.3) is 0 Å². The van der Waals surface area contributed by atoms with Crippen molar-refractivity contribution in [1.82, 2.24) is 0 Å². The third kappa shape index (κ3) is 6.19. The van der Waals surface area contributed by atoms with Gasteiger partial charge in [0.2, 0.25) is 11.6 Å². The number of amides is 1. The number of para-hydroxylation sites is 1. The number of hydrogen-bond donors (Lipinski definition) is 5. The summed E-state index contributed by atoms with van der Waals surface area (Å²) in [5.74, 6) is -8.47. The van der Waals surface area contributed by atoms with E-state index in [1.807, 2.05) is 6.07 Å². The lowest BCUT2D eigenvalue weighted by atomic mass is 9.73. The second-order valence-corrected chi connectivity index (χ2v) is 11.0. The van der Waals surface area contributed by atoms with E-state index in [1.54, 1.807) is 30.3 Å². The van der Waals surface area contributed by atoms with E-state index < -0.39 is 63.1 Å². The van der Waals surface area contributed by atoms with E-state index in [1.165, 1.54) is 60.5 Å². The van der Waals surface area contributed by atoms with E-state index in [2.05, 4.69) is 0 Å². The summed E-state index contributed by atoms with van der Waals surface area (Å²) in [5, 5.41) is 48.7. The van der Waals surface area contributed by atoms with Crippen molar-refractivity contribution in [2.45, 2.75) is 29.6 Å². The summed E-state index contributed by atoms with van der Waals surface area (Å²) >= 11 is 0. The number of ketones is 2. The number of Topliss-reactive ketones (excluding diaryl/α,β-unsaturated/α-hetero) is 2. The number of aliphatic hydroxyl groups is 2. The lowest BCUT2D eigenvalue weighted by Gasteiger charge is -2.34. The van der Waals surface area contributed by atoms with Crippen LogP contribution in [0.1, 0.15) is 39.1 Å². The molecule has 0 fully saturated rings. The van der Waals surface area contributed by atoms with Gasteiger partial charge in [-0.05, 0) is 24.6 Å². The van der Waals surface area contributed by atoms with Crippen LogP contribution in [-0.2, 0) is 19.9 Å². The molecule has 0 radical (unpaired) electrons. The molecule has 0 aromatic heterocycles. The minimum absolute atomic E-state index is 0.124. The maximum absolute atomic E-state index is 14.3. The predicted molar refractivity (Wildman–Crippen MR) is 174 cm³/mol. The molecule has 256 valence electrons. The molecule has 3 unspecified atom stereocenters. The molecule has 6 N–H and O–H groups in total. The number of carbonyl (C=O) groups is 5. The third-order valence-corrected chi connectivity index (χ3v) is 8.11. The fourth-order valence-electron chi connectivity index (χ4n) is 5.42. The van der Waals surface area contributed by atoms with Crippen molar-refractivity contribution < 1.29 is 53.5 Å². The van der Waals surface area contributed by atoms with Crippen molar-refractivity contribution in [3.63, 3.8) is 0 Å². The van der Waals surface area contributed by atoms with Gasteiger partial charge < -0.3 is 30.9 Å². The first-order valence-corrected chi connectivity index (χ1v) is 14.7. The maximum Gasteiger partial charge on any atom is 0.348 e. The number of methoxy groups -OCH3 is 1. The summed E-state index contributed by atoms with van der Waals surface area (Å²) in [6.45, 7) is 0. The van der Waals surface area contributed by atoms with Gasteiger partial charge in [-0.25, -0.2) is 14.0 Å². The van der Waals surface area contributed by atoms with E-state index >= 15 is 0 Å². The topological polar surface area (TPSA) is 229 Å². The van der Waals surface area contributed by atoms with Crippen molar-refractivity contribution in [2.24, 2.45) is 5.73 Å². The number of carbonyl (C=O) groups excluding carboxylic acids is 3. The van der Waals surface area contributed by atoms with Gasteiger partial charge in [0.05, 0.1) is 24.6 Å². The molecule has 1 aliphatic rings. The Balaban J connectivity index is 0.000000225. The summed E-state index contributed by atoms with van der Waals surface area (Å²) in [4.78, 5) is 62.8. The predicted octanol–water partition coefficient (Wildman–Crippen LogP) is 3.35. The molecule has 0 aliphatic carbocycles. The molecular formula is C36H30FN3O10.